The molecule has 0 atom stereocenters. The van der Waals surface area contributed by atoms with Gasteiger partial charge in [-0.15, -0.1) is 0 Å². The van der Waals surface area contributed by atoms with Crippen molar-refractivity contribution in [2.45, 2.75) is 25.8 Å². The summed E-state index contributed by atoms with van der Waals surface area (Å²) in [4.78, 5) is 28.9. The second kappa shape index (κ2) is 7.71. The number of aliphatic carboxylic acids is 1. The highest BCUT2D eigenvalue weighted by atomic mass is 32.2. The van der Waals surface area contributed by atoms with Crippen molar-refractivity contribution in [2.24, 2.45) is 0 Å². The quantitative estimate of drug-likeness (QED) is 0.792. The van der Waals surface area contributed by atoms with Crippen molar-refractivity contribution < 1.29 is 23.1 Å². The zero-order chi connectivity index (χ0) is 17.7. The molecule has 1 N–H and O–H groups in total. The summed E-state index contributed by atoms with van der Waals surface area (Å²) >= 11 is 0. The Labute approximate surface area is 141 Å². The second-order valence-corrected chi connectivity index (χ2v) is 7.85. The van der Waals surface area contributed by atoms with Crippen LogP contribution in [0, 0.1) is 0 Å². The number of aromatic nitrogens is 1. The third-order valence-electron chi connectivity index (χ3n) is 4.12. The second-order valence-electron chi connectivity index (χ2n) is 5.59. The highest BCUT2D eigenvalue weighted by Gasteiger charge is 2.33. The highest BCUT2D eigenvalue weighted by molar-refractivity contribution is 7.89. The molecule has 1 aromatic rings. The number of nitrogens with zero attached hydrogens (tertiary/aromatic N) is 3. The van der Waals surface area contributed by atoms with Gasteiger partial charge in [0, 0.05) is 37.1 Å². The fraction of sp³-hybridized carbons (Fsp3) is 0.533. The van der Waals surface area contributed by atoms with Crippen molar-refractivity contribution in [3.63, 3.8) is 0 Å². The molecule has 0 spiro atoms. The van der Waals surface area contributed by atoms with Gasteiger partial charge in [-0.05, 0) is 31.9 Å². The van der Waals surface area contributed by atoms with Gasteiger partial charge >= 0.3 is 5.97 Å². The van der Waals surface area contributed by atoms with Crippen LogP contribution in [0.1, 0.15) is 30.1 Å². The zero-order valence-electron chi connectivity index (χ0n) is 13.5. The Balaban J connectivity index is 2.13. The summed E-state index contributed by atoms with van der Waals surface area (Å²) in [5.41, 5.74) is 0.370. The molecule has 0 bridgehead atoms. The van der Waals surface area contributed by atoms with Crippen molar-refractivity contribution in [3.05, 3.63) is 30.1 Å². The molecule has 24 heavy (non-hydrogen) atoms. The first kappa shape index (κ1) is 18.3. The minimum absolute atomic E-state index is 0.0342. The van der Waals surface area contributed by atoms with Crippen molar-refractivity contribution >= 4 is 21.9 Å². The van der Waals surface area contributed by atoms with E-state index in [4.69, 9.17) is 5.11 Å². The average Bonchev–Trinajstić information content (AvgIpc) is 2.60. The van der Waals surface area contributed by atoms with E-state index in [1.807, 2.05) is 0 Å². The van der Waals surface area contributed by atoms with E-state index in [0.717, 1.165) is 0 Å². The van der Waals surface area contributed by atoms with E-state index in [2.05, 4.69) is 4.98 Å². The molecule has 132 valence electrons. The molecule has 1 saturated heterocycles. The molecule has 1 amide bonds. The molecule has 0 aliphatic carbocycles. The maximum atomic E-state index is 12.6. The summed E-state index contributed by atoms with van der Waals surface area (Å²) in [7, 11) is -3.26. The average molecular weight is 355 g/mol. The van der Waals surface area contributed by atoms with E-state index >= 15 is 0 Å². The number of sulfonamides is 1. The Morgan fingerprint density at radius 1 is 1.29 bits per heavy atom. The van der Waals surface area contributed by atoms with Gasteiger partial charge in [-0.2, -0.15) is 0 Å². The first-order valence-electron chi connectivity index (χ1n) is 7.75. The number of hydrogen-bond acceptors (Lipinski definition) is 5. The van der Waals surface area contributed by atoms with Gasteiger partial charge in [0.25, 0.3) is 5.91 Å². The van der Waals surface area contributed by atoms with Crippen LogP contribution in [0.25, 0.3) is 0 Å². The predicted molar refractivity (Wildman–Crippen MR) is 87.0 cm³/mol. The summed E-state index contributed by atoms with van der Waals surface area (Å²) in [6.45, 7) is 1.76. The molecule has 9 heteroatoms. The van der Waals surface area contributed by atoms with Crippen LogP contribution in [-0.2, 0) is 14.8 Å². The van der Waals surface area contributed by atoms with Gasteiger partial charge in [0.1, 0.15) is 6.54 Å². The smallest absolute Gasteiger partial charge is 0.323 e. The van der Waals surface area contributed by atoms with Gasteiger partial charge in [0.2, 0.25) is 10.0 Å². The molecular weight excluding hydrogens is 334 g/mol. The maximum absolute atomic E-state index is 12.6. The molecule has 0 radical (unpaired) electrons. The van der Waals surface area contributed by atoms with Crippen molar-refractivity contribution in [3.8, 4) is 0 Å². The van der Waals surface area contributed by atoms with Crippen molar-refractivity contribution in [1.29, 1.82) is 0 Å². The van der Waals surface area contributed by atoms with Crippen LogP contribution >= 0.6 is 0 Å². The van der Waals surface area contributed by atoms with Crippen LogP contribution in [0.15, 0.2) is 24.5 Å². The number of piperidine rings is 1. The van der Waals surface area contributed by atoms with Gasteiger partial charge < -0.3 is 10.0 Å². The number of carboxylic acid groups (broad SMARTS) is 1. The normalized spacial score (nSPS) is 16.7. The molecular formula is C15H21N3O5S. The largest absolute Gasteiger partial charge is 0.480 e. The lowest BCUT2D eigenvalue weighted by Gasteiger charge is -2.37. The van der Waals surface area contributed by atoms with Crippen LogP contribution in [0.2, 0.25) is 0 Å². The SMILES string of the molecule is CCS(=O)(=O)N1CCC(N(CC(=O)O)C(=O)c2ccncc2)CC1. The van der Waals surface area contributed by atoms with Gasteiger partial charge in [-0.25, -0.2) is 12.7 Å². The van der Waals surface area contributed by atoms with Crippen LogP contribution in [-0.4, -0.2) is 71.0 Å². The van der Waals surface area contributed by atoms with Crippen LogP contribution in [0.5, 0.6) is 0 Å². The number of carbonyl (C=O) groups is 2. The first-order valence-corrected chi connectivity index (χ1v) is 9.36. The fourth-order valence-corrected chi connectivity index (χ4v) is 3.92. The van der Waals surface area contributed by atoms with E-state index in [9.17, 15) is 18.0 Å². The van der Waals surface area contributed by atoms with Crippen molar-refractivity contribution in [1.82, 2.24) is 14.2 Å². The lowest BCUT2D eigenvalue weighted by atomic mass is 10.0. The summed E-state index contributed by atoms with van der Waals surface area (Å²) < 4.78 is 25.2. The van der Waals surface area contributed by atoms with Crippen LogP contribution in [0.4, 0.5) is 0 Å². The highest BCUT2D eigenvalue weighted by Crippen LogP contribution is 2.21. The van der Waals surface area contributed by atoms with E-state index in [-0.39, 0.29) is 17.7 Å². The number of rotatable bonds is 6. The lowest BCUT2D eigenvalue weighted by molar-refractivity contribution is -0.138. The van der Waals surface area contributed by atoms with E-state index in [1.54, 1.807) is 6.92 Å². The summed E-state index contributed by atoms with van der Waals surface area (Å²) in [6.07, 6.45) is 3.79. The lowest BCUT2D eigenvalue weighted by Crippen LogP contribution is -2.50. The monoisotopic (exact) mass is 355 g/mol. The maximum Gasteiger partial charge on any atom is 0.323 e. The van der Waals surface area contributed by atoms with E-state index in [1.165, 1.54) is 33.7 Å². The molecule has 1 fully saturated rings. The van der Waals surface area contributed by atoms with Gasteiger partial charge in [0.15, 0.2) is 0 Å². The van der Waals surface area contributed by atoms with E-state index < -0.39 is 22.5 Å². The fourth-order valence-electron chi connectivity index (χ4n) is 2.79. The van der Waals surface area contributed by atoms with Gasteiger partial charge in [0.05, 0.1) is 5.75 Å². The molecule has 1 aliphatic rings. The standard InChI is InChI=1S/C15H21N3O5S/c1-2-24(22,23)17-9-5-13(6-10-17)18(11-14(19)20)15(21)12-3-7-16-8-4-12/h3-4,7-8,13H,2,5-6,9-11H2,1H3,(H,19,20). The Morgan fingerprint density at radius 2 is 1.88 bits per heavy atom. The Morgan fingerprint density at radius 3 is 2.38 bits per heavy atom. The van der Waals surface area contributed by atoms with Crippen molar-refractivity contribution in [2.75, 3.05) is 25.4 Å². The summed E-state index contributed by atoms with van der Waals surface area (Å²) in [6, 6.07) is 2.77. The Kier molecular flexibility index (Phi) is 5.89. The minimum atomic E-state index is -3.26. The molecule has 2 heterocycles. The van der Waals surface area contributed by atoms with Gasteiger partial charge in [-0.3, -0.25) is 14.6 Å². The van der Waals surface area contributed by atoms with Crippen LogP contribution < -0.4 is 0 Å². The first-order chi connectivity index (χ1) is 11.3. The topological polar surface area (TPSA) is 108 Å². The minimum Gasteiger partial charge on any atom is -0.480 e. The molecule has 2 rings (SSSR count). The predicted octanol–water partition coefficient (Wildman–Crippen LogP) is 0.423. The summed E-state index contributed by atoms with van der Waals surface area (Å²) in [5.74, 6) is -1.44. The Hall–Kier alpha value is -2.00. The number of carboxylic acids is 1. The number of carbonyl (C=O) groups excluding carboxylic acids is 1. The van der Waals surface area contributed by atoms with Gasteiger partial charge in [-0.1, -0.05) is 0 Å². The third-order valence-corrected chi connectivity index (χ3v) is 6.00. The molecule has 8 nitrogen and oxygen atoms in total. The third kappa shape index (κ3) is 4.30. The molecule has 1 aromatic heterocycles. The molecule has 0 unspecified atom stereocenters. The van der Waals surface area contributed by atoms with E-state index in [0.29, 0.717) is 31.5 Å². The molecule has 0 aromatic carbocycles. The number of hydrogen-bond donors (Lipinski definition) is 1. The Bertz CT molecular complexity index is 684. The zero-order valence-corrected chi connectivity index (χ0v) is 14.3. The molecule has 1 aliphatic heterocycles. The van der Waals surface area contributed by atoms with Crippen LogP contribution in [0.3, 0.4) is 0 Å². The molecule has 0 saturated carbocycles. The number of pyridine rings is 1. The summed E-state index contributed by atoms with van der Waals surface area (Å²) in [5, 5.41) is 9.12. The number of amides is 1.